The van der Waals surface area contributed by atoms with E-state index in [9.17, 15) is 19.5 Å². The van der Waals surface area contributed by atoms with Gasteiger partial charge in [-0.25, -0.2) is 9.59 Å². The van der Waals surface area contributed by atoms with Gasteiger partial charge >= 0.3 is 12.1 Å². The number of carbonyl (C=O) groups is 3. The Morgan fingerprint density at radius 1 is 1.03 bits per heavy atom. The number of alkyl carbamates (subject to hydrolysis) is 1. The number of carbonyl (C=O) groups excluding carboxylic acids is 2. The first-order valence-corrected chi connectivity index (χ1v) is 12.4. The van der Waals surface area contributed by atoms with Crippen LogP contribution in [0.15, 0.2) is 48.5 Å². The molecule has 0 heterocycles. The summed E-state index contributed by atoms with van der Waals surface area (Å²) in [5.41, 5.74) is 4.12. The summed E-state index contributed by atoms with van der Waals surface area (Å²) in [4.78, 5) is 37.2. The third-order valence-corrected chi connectivity index (χ3v) is 7.84. The number of aliphatic carboxylic acids is 1. The molecule has 0 saturated heterocycles. The first-order valence-electron chi connectivity index (χ1n) is 12.4. The zero-order valence-electron chi connectivity index (χ0n) is 20.1. The fraction of sp³-hybridized carbons (Fsp3) is 0.464. The van der Waals surface area contributed by atoms with Gasteiger partial charge in [0.05, 0.1) is 5.41 Å². The molecule has 5 rings (SSSR count). The maximum Gasteiger partial charge on any atom is 0.407 e. The average molecular weight is 477 g/mol. The normalized spacial score (nSPS) is 24.8. The topological polar surface area (TPSA) is 105 Å². The molecule has 2 amide bonds. The first-order chi connectivity index (χ1) is 16.8. The van der Waals surface area contributed by atoms with E-state index in [0.717, 1.165) is 17.5 Å². The second-order valence-corrected chi connectivity index (χ2v) is 10.7. The Hall–Kier alpha value is -3.35. The molecule has 4 atom stereocenters. The molecule has 35 heavy (non-hydrogen) atoms. The van der Waals surface area contributed by atoms with Crippen molar-refractivity contribution in [3.05, 3.63) is 59.7 Å². The number of hydrogen-bond donors (Lipinski definition) is 3. The molecule has 3 aliphatic rings. The van der Waals surface area contributed by atoms with E-state index in [1.807, 2.05) is 38.1 Å². The third-order valence-electron chi connectivity index (χ3n) is 7.84. The van der Waals surface area contributed by atoms with Crippen LogP contribution in [-0.2, 0) is 14.3 Å². The van der Waals surface area contributed by atoms with Gasteiger partial charge in [-0.1, -0.05) is 62.4 Å². The van der Waals surface area contributed by atoms with Gasteiger partial charge in [0.25, 0.3) is 0 Å². The van der Waals surface area contributed by atoms with Crippen molar-refractivity contribution >= 4 is 18.0 Å². The minimum absolute atomic E-state index is 0.00356. The highest BCUT2D eigenvalue weighted by Crippen LogP contribution is 2.63. The monoisotopic (exact) mass is 476 g/mol. The van der Waals surface area contributed by atoms with E-state index >= 15 is 0 Å². The molecule has 7 nitrogen and oxygen atoms in total. The molecule has 0 unspecified atom stereocenters. The number of amides is 2. The van der Waals surface area contributed by atoms with Crippen molar-refractivity contribution in [1.29, 1.82) is 0 Å². The van der Waals surface area contributed by atoms with Crippen LogP contribution in [0.3, 0.4) is 0 Å². The molecular weight excluding hydrogens is 444 g/mol. The number of benzene rings is 2. The number of ether oxygens (including phenoxy) is 1. The van der Waals surface area contributed by atoms with Gasteiger partial charge in [0.1, 0.15) is 12.6 Å². The minimum Gasteiger partial charge on any atom is -0.480 e. The van der Waals surface area contributed by atoms with Crippen molar-refractivity contribution in [1.82, 2.24) is 10.6 Å². The molecule has 7 heteroatoms. The van der Waals surface area contributed by atoms with Crippen molar-refractivity contribution in [3.63, 3.8) is 0 Å². The van der Waals surface area contributed by atoms with E-state index < -0.39 is 23.5 Å². The van der Waals surface area contributed by atoms with Crippen LogP contribution >= 0.6 is 0 Å². The summed E-state index contributed by atoms with van der Waals surface area (Å²) < 4.78 is 5.66. The van der Waals surface area contributed by atoms with Crippen LogP contribution < -0.4 is 10.6 Å². The first kappa shape index (κ1) is 23.4. The fourth-order valence-corrected chi connectivity index (χ4v) is 6.09. The van der Waals surface area contributed by atoms with Crippen molar-refractivity contribution in [2.75, 3.05) is 6.61 Å². The van der Waals surface area contributed by atoms with Gasteiger partial charge in [-0.15, -0.1) is 0 Å². The number of fused-ring (bicyclic) bond motifs is 4. The molecule has 0 bridgehead atoms. The Labute approximate surface area is 205 Å². The zero-order chi connectivity index (χ0) is 24.7. The Kier molecular flexibility index (Phi) is 6.03. The third kappa shape index (κ3) is 4.40. The van der Waals surface area contributed by atoms with Crippen molar-refractivity contribution in [3.8, 4) is 11.1 Å². The summed E-state index contributed by atoms with van der Waals surface area (Å²) in [5.74, 6) is -0.874. The van der Waals surface area contributed by atoms with Crippen molar-refractivity contribution < 1.29 is 24.2 Å². The molecule has 2 aromatic rings. The molecule has 184 valence electrons. The Morgan fingerprint density at radius 2 is 1.66 bits per heavy atom. The van der Waals surface area contributed by atoms with Crippen molar-refractivity contribution in [2.45, 2.75) is 57.5 Å². The maximum absolute atomic E-state index is 13.0. The molecule has 0 spiro atoms. The SMILES string of the molecule is CC(C)C[C@H](NC(=O)[C@@]12C[C@@H](NC(=O)OCC3c4ccccc4-c4ccccc43)C[C@@H]1C2)C(=O)O. The smallest absolute Gasteiger partial charge is 0.407 e. The van der Waals surface area contributed by atoms with E-state index in [1.54, 1.807) is 0 Å². The van der Waals surface area contributed by atoms with Crippen LogP contribution in [0.2, 0.25) is 0 Å². The predicted molar refractivity (Wildman–Crippen MR) is 131 cm³/mol. The molecular formula is C28H32N2O5. The number of carboxylic acids is 1. The number of nitrogens with one attached hydrogen (secondary N) is 2. The van der Waals surface area contributed by atoms with E-state index in [0.29, 0.717) is 19.3 Å². The summed E-state index contributed by atoms with van der Waals surface area (Å²) in [6.45, 7) is 4.12. The van der Waals surface area contributed by atoms with Crippen LogP contribution in [0, 0.1) is 17.3 Å². The van der Waals surface area contributed by atoms with E-state index in [-0.39, 0.29) is 36.3 Å². The van der Waals surface area contributed by atoms with Gasteiger partial charge in [0, 0.05) is 12.0 Å². The van der Waals surface area contributed by atoms with Gasteiger partial charge in [-0.3, -0.25) is 4.79 Å². The van der Waals surface area contributed by atoms with Gasteiger partial charge in [-0.05, 0) is 59.8 Å². The van der Waals surface area contributed by atoms with E-state index in [1.165, 1.54) is 11.1 Å². The Balaban J connectivity index is 1.16. The fourth-order valence-electron chi connectivity index (χ4n) is 6.09. The van der Waals surface area contributed by atoms with Crippen molar-refractivity contribution in [2.24, 2.45) is 17.3 Å². The highest BCUT2D eigenvalue weighted by atomic mass is 16.5. The van der Waals surface area contributed by atoms with Crippen LogP contribution in [0.25, 0.3) is 11.1 Å². The average Bonchev–Trinajstić information content (AvgIpc) is 3.25. The van der Waals surface area contributed by atoms with Crippen LogP contribution in [-0.4, -0.2) is 41.8 Å². The number of hydrogen-bond acceptors (Lipinski definition) is 4. The molecule has 2 fully saturated rings. The Morgan fingerprint density at radius 3 is 2.26 bits per heavy atom. The molecule has 3 N–H and O–H groups in total. The Bertz CT molecular complexity index is 1120. The predicted octanol–water partition coefficient (Wildman–Crippen LogP) is 4.31. The summed E-state index contributed by atoms with van der Waals surface area (Å²) in [7, 11) is 0. The molecule has 0 aromatic heterocycles. The lowest BCUT2D eigenvalue weighted by Crippen LogP contribution is -2.46. The highest BCUT2D eigenvalue weighted by molar-refractivity contribution is 5.90. The number of rotatable bonds is 8. The minimum atomic E-state index is -1.01. The molecule has 0 aliphatic heterocycles. The van der Waals surface area contributed by atoms with E-state index in [4.69, 9.17) is 4.74 Å². The summed E-state index contributed by atoms with van der Waals surface area (Å²) in [6, 6.07) is 15.4. The maximum atomic E-state index is 13.0. The summed E-state index contributed by atoms with van der Waals surface area (Å²) in [6.07, 6.45) is 1.89. The second-order valence-electron chi connectivity index (χ2n) is 10.7. The lowest BCUT2D eigenvalue weighted by atomic mass is 9.98. The summed E-state index contributed by atoms with van der Waals surface area (Å²) >= 11 is 0. The van der Waals surface area contributed by atoms with Gasteiger partial charge in [0.15, 0.2) is 0 Å². The van der Waals surface area contributed by atoms with Gasteiger partial charge < -0.3 is 20.5 Å². The number of carboxylic acid groups (broad SMARTS) is 1. The van der Waals surface area contributed by atoms with Crippen LogP contribution in [0.1, 0.15) is 56.6 Å². The second kappa shape index (κ2) is 9.02. The summed E-state index contributed by atoms with van der Waals surface area (Å²) in [5, 5.41) is 15.2. The molecule has 2 aromatic carbocycles. The van der Waals surface area contributed by atoms with Gasteiger partial charge in [0.2, 0.25) is 5.91 Å². The molecule has 2 saturated carbocycles. The van der Waals surface area contributed by atoms with Crippen LogP contribution in [0.5, 0.6) is 0 Å². The molecule has 0 radical (unpaired) electrons. The quantitative estimate of drug-likeness (QED) is 0.527. The highest BCUT2D eigenvalue weighted by Gasteiger charge is 2.65. The van der Waals surface area contributed by atoms with E-state index in [2.05, 4.69) is 34.9 Å². The zero-order valence-corrected chi connectivity index (χ0v) is 20.1. The molecule has 3 aliphatic carbocycles. The largest absolute Gasteiger partial charge is 0.480 e. The lowest BCUT2D eigenvalue weighted by molar-refractivity contribution is -0.143. The lowest BCUT2D eigenvalue weighted by Gasteiger charge is -2.22. The van der Waals surface area contributed by atoms with Gasteiger partial charge in [-0.2, -0.15) is 0 Å². The van der Waals surface area contributed by atoms with Crippen LogP contribution in [0.4, 0.5) is 4.79 Å². The standard InChI is InChI=1S/C28H32N2O5/c1-16(2)11-24(25(31)32)30-26(33)28-13-17(28)12-18(14-28)29-27(34)35-15-23-21-9-5-3-7-19(21)20-8-4-6-10-22(20)23/h3-10,16-18,23-24H,11-15H2,1-2H3,(H,29,34)(H,30,33)(H,31,32)/t17-,18+,24+,28+/m1/s1.